The predicted octanol–water partition coefficient (Wildman–Crippen LogP) is 5.25. The predicted molar refractivity (Wildman–Crippen MR) is 89.2 cm³/mol. The number of thioether (sulfide) groups is 1. The Bertz CT molecular complexity index is 644. The van der Waals surface area contributed by atoms with Crippen LogP contribution in [0.2, 0.25) is 10.0 Å². The first-order chi connectivity index (χ1) is 9.74. The lowest BCUT2D eigenvalue weighted by Gasteiger charge is -2.08. The molecule has 0 aromatic heterocycles. The normalized spacial score (nSPS) is 17.9. The van der Waals surface area contributed by atoms with Crippen LogP contribution in [0, 0.1) is 0 Å². The summed E-state index contributed by atoms with van der Waals surface area (Å²) >= 11 is 13.9. The number of benzene rings is 2. The van der Waals surface area contributed by atoms with Gasteiger partial charge in [0.2, 0.25) is 0 Å². The molecule has 1 N–H and O–H groups in total. The summed E-state index contributed by atoms with van der Waals surface area (Å²) in [6.07, 6.45) is 0. The maximum absolute atomic E-state index is 6.17. The van der Waals surface area contributed by atoms with E-state index in [1.54, 1.807) is 17.8 Å². The van der Waals surface area contributed by atoms with E-state index in [0.717, 1.165) is 16.6 Å². The molecule has 0 aliphatic carbocycles. The molecule has 1 unspecified atom stereocenters. The lowest BCUT2D eigenvalue weighted by Crippen LogP contribution is -2.05. The fraction of sp³-hybridized carbons (Fsp3) is 0.133. The van der Waals surface area contributed by atoms with E-state index in [1.807, 2.05) is 30.3 Å². The second kappa shape index (κ2) is 6.08. The summed E-state index contributed by atoms with van der Waals surface area (Å²) in [6, 6.07) is 16.0. The molecular weight excluding hydrogens is 311 g/mol. The quantitative estimate of drug-likeness (QED) is 0.816. The molecule has 5 heteroatoms. The van der Waals surface area contributed by atoms with Crippen LogP contribution in [0.15, 0.2) is 53.5 Å². The Morgan fingerprint density at radius 3 is 2.65 bits per heavy atom. The van der Waals surface area contributed by atoms with Crippen molar-refractivity contribution in [3.05, 3.63) is 64.1 Å². The van der Waals surface area contributed by atoms with Crippen molar-refractivity contribution in [1.29, 1.82) is 0 Å². The molecule has 1 aliphatic heterocycles. The molecule has 102 valence electrons. The topological polar surface area (TPSA) is 24.4 Å². The highest BCUT2D eigenvalue weighted by Gasteiger charge is 2.20. The Hall–Kier alpha value is -1.16. The molecule has 0 bridgehead atoms. The number of hydrogen-bond donors (Lipinski definition) is 1. The van der Waals surface area contributed by atoms with Crippen molar-refractivity contribution in [3.63, 3.8) is 0 Å². The number of hydrogen-bond acceptors (Lipinski definition) is 3. The summed E-state index contributed by atoms with van der Waals surface area (Å²) in [5.41, 5.74) is 2.02. The Morgan fingerprint density at radius 1 is 1.05 bits per heavy atom. The monoisotopic (exact) mass is 322 g/mol. The molecule has 3 rings (SSSR count). The number of halogens is 2. The van der Waals surface area contributed by atoms with Crippen molar-refractivity contribution in [2.45, 2.75) is 6.04 Å². The summed E-state index contributed by atoms with van der Waals surface area (Å²) < 4.78 is 0. The van der Waals surface area contributed by atoms with E-state index >= 15 is 0 Å². The third kappa shape index (κ3) is 2.95. The van der Waals surface area contributed by atoms with Gasteiger partial charge in [0.15, 0.2) is 5.17 Å². The average Bonchev–Trinajstić information content (AvgIpc) is 2.93. The second-order valence-corrected chi connectivity index (χ2v) is 6.19. The number of amidine groups is 1. The SMILES string of the molecule is Clc1cccc(NC2=NC(c3ccccc3)CS2)c1Cl. The Balaban J connectivity index is 1.78. The smallest absolute Gasteiger partial charge is 0.161 e. The molecule has 2 nitrogen and oxygen atoms in total. The van der Waals surface area contributed by atoms with Gasteiger partial charge in [0.25, 0.3) is 0 Å². The first-order valence-corrected chi connectivity index (χ1v) is 7.95. The molecule has 0 amide bonds. The van der Waals surface area contributed by atoms with Crippen LogP contribution in [0.4, 0.5) is 5.69 Å². The summed E-state index contributed by atoms with van der Waals surface area (Å²) in [5, 5.41) is 5.19. The van der Waals surface area contributed by atoms with E-state index in [2.05, 4.69) is 17.4 Å². The van der Waals surface area contributed by atoms with Crippen LogP contribution in [0.25, 0.3) is 0 Å². The van der Waals surface area contributed by atoms with Gasteiger partial charge >= 0.3 is 0 Å². The zero-order chi connectivity index (χ0) is 13.9. The zero-order valence-corrected chi connectivity index (χ0v) is 12.8. The minimum atomic E-state index is 0.196. The minimum absolute atomic E-state index is 0.196. The molecule has 2 aromatic rings. The Morgan fingerprint density at radius 2 is 1.85 bits per heavy atom. The van der Waals surface area contributed by atoms with Crippen LogP contribution in [0.3, 0.4) is 0 Å². The van der Waals surface area contributed by atoms with Crippen molar-refractivity contribution in [1.82, 2.24) is 0 Å². The minimum Gasteiger partial charge on any atom is -0.334 e. The number of nitrogens with zero attached hydrogens (tertiary/aromatic N) is 1. The van der Waals surface area contributed by atoms with Crippen LogP contribution in [-0.2, 0) is 0 Å². The molecule has 1 aliphatic rings. The largest absolute Gasteiger partial charge is 0.334 e. The number of rotatable bonds is 2. The van der Waals surface area contributed by atoms with Gasteiger partial charge in [-0.05, 0) is 17.7 Å². The van der Waals surface area contributed by atoms with Crippen LogP contribution in [-0.4, -0.2) is 10.9 Å². The number of nitrogens with one attached hydrogen (secondary N) is 1. The fourth-order valence-corrected chi connectivity index (χ4v) is 3.32. The van der Waals surface area contributed by atoms with Gasteiger partial charge in [-0.15, -0.1) is 0 Å². The van der Waals surface area contributed by atoms with Crippen molar-refractivity contribution in [3.8, 4) is 0 Å². The second-order valence-electron chi connectivity index (χ2n) is 4.40. The third-order valence-electron chi connectivity index (χ3n) is 3.03. The van der Waals surface area contributed by atoms with E-state index < -0.39 is 0 Å². The van der Waals surface area contributed by atoms with Crippen molar-refractivity contribution in [2.75, 3.05) is 11.1 Å². The molecule has 20 heavy (non-hydrogen) atoms. The van der Waals surface area contributed by atoms with Gasteiger partial charge in [-0.1, -0.05) is 71.4 Å². The van der Waals surface area contributed by atoms with Crippen LogP contribution in [0.1, 0.15) is 11.6 Å². The molecule has 0 saturated heterocycles. The first-order valence-electron chi connectivity index (χ1n) is 6.20. The van der Waals surface area contributed by atoms with Gasteiger partial charge in [0.1, 0.15) is 0 Å². The standard InChI is InChI=1S/C15H12Cl2N2S/c16-11-7-4-8-12(14(11)17)18-15-19-13(9-20-15)10-5-2-1-3-6-10/h1-8,13H,9H2,(H,18,19). The first kappa shape index (κ1) is 13.8. The molecule has 2 aromatic carbocycles. The van der Waals surface area contributed by atoms with Crippen molar-refractivity contribution < 1.29 is 0 Å². The highest BCUT2D eigenvalue weighted by molar-refractivity contribution is 8.14. The van der Waals surface area contributed by atoms with Gasteiger partial charge < -0.3 is 5.32 Å². The molecule has 0 radical (unpaired) electrons. The summed E-state index contributed by atoms with van der Waals surface area (Å²) in [5.74, 6) is 0.935. The molecule has 0 fully saturated rings. The molecular formula is C15H12Cl2N2S. The zero-order valence-electron chi connectivity index (χ0n) is 10.5. The van der Waals surface area contributed by atoms with Gasteiger partial charge in [0, 0.05) is 5.75 Å². The number of anilines is 1. The fourth-order valence-electron chi connectivity index (χ4n) is 2.00. The maximum Gasteiger partial charge on any atom is 0.161 e. The van der Waals surface area contributed by atoms with E-state index in [4.69, 9.17) is 28.2 Å². The molecule has 0 saturated carbocycles. The third-order valence-corrected chi connectivity index (χ3v) is 4.81. The molecule has 1 heterocycles. The van der Waals surface area contributed by atoms with E-state index in [0.29, 0.717) is 10.0 Å². The molecule has 0 spiro atoms. The van der Waals surface area contributed by atoms with Gasteiger partial charge in [0.05, 0.1) is 21.8 Å². The van der Waals surface area contributed by atoms with Crippen LogP contribution >= 0.6 is 35.0 Å². The van der Waals surface area contributed by atoms with E-state index in [-0.39, 0.29) is 6.04 Å². The van der Waals surface area contributed by atoms with Crippen LogP contribution < -0.4 is 5.32 Å². The van der Waals surface area contributed by atoms with Gasteiger partial charge in [-0.3, -0.25) is 4.99 Å². The lowest BCUT2D eigenvalue weighted by molar-refractivity contribution is 0.849. The highest BCUT2D eigenvalue weighted by atomic mass is 35.5. The van der Waals surface area contributed by atoms with Crippen LogP contribution in [0.5, 0.6) is 0 Å². The van der Waals surface area contributed by atoms with E-state index in [9.17, 15) is 0 Å². The van der Waals surface area contributed by atoms with E-state index in [1.165, 1.54) is 5.56 Å². The van der Waals surface area contributed by atoms with Crippen molar-refractivity contribution >= 4 is 45.8 Å². The summed E-state index contributed by atoms with van der Waals surface area (Å²) in [7, 11) is 0. The maximum atomic E-state index is 6.17. The van der Waals surface area contributed by atoms with Crippen molar-refractivity contribution in [2.24, 2.45) is 4.99 Å². The van der Waals surface area contributed by atoms with Gasteiger partial charge in [-0.2, -0.15) is 0 Å². The highest BCUT2D eigenvalue weighted by Crippen LogP contribution is 2.34. The van der Waals surface area contributed by atoms with Gasteiger partial charge in [-0.25, -0.2) is 0 Å². The Labute approximate surface area is 132 Å². The summed E-state index contributed by atoms with van der Waals surface area (Å²) in [4.78, 5) is 4.69. The summed E-state index contributed by atoms with van der Waals surface area (Å²) in [6.45, 7) is 0. The molecule has 1 atom stereocenters. The lowest BCUT2D eigenvalue weighted by atomic mass is 10.1. The average molecular weight is 323 g/mol. The Kier molecular flexibility index (Phi) is 4.20. The number of aliphatic imine (C=N–C) groups is 1.